The number of nitrogens with zero attached hydrogens (tertiary/aromatic N) is 1. The average molecular weight is 250 g/mol. The van der Waals surface area contributed by atoms with Crippen LogP contribution in [0.4, 0.5) is 0 Å². The highest BCUT2D eigenvalue weighted by atomic mass is 16.3. The van der Waals surface area contributed by atoms with Crippen LogP contribution >= 0.6 is 0 Å². The second kappa shape index (κ2) is 6.05. The number of carbonyl (C=O) groups is 1. The Kier molecular flexibility index (Phi) is 4.42. The number of furan rings is 1. The largest absolute Gasteiger partial charge is 0.464 e. The number of hydrogen-bond donors (Lipinski definition) is 1. The van der Waals surface area contributed by atoms with Gasteiger partial charge in [-0.15, -0.1) is 0 Å². The lowest BCUT2D eigenvalue weighted by Gasteiger charge is -2.32. The van der Waals surface area contributed by atoms with Crippen LogP contribution in [0.3, 0.4) is 0 Å². The predicted molar refractivity (Wildman–Crippen MR) is 70.2 cm³/mol. The van der Waals surface area contributed by atoms with Crippen LogP contribution in [0.2, 0.25) is 0 Å². The molecule has 2 heterocycles. The topological polar surface area (TPSA) is 45.5 Å². The fourth-order valence-corrected chi connectivity index (χ4v) is 2.36. The number of rotatable bonds is 5. The Hall–Kier alpha value is -1.29. The van der Waals surface area contributed by atoms with E-state index < -0.39 is 0 Å². The first-order valence-corrected chi connectivity index (χ1v) is 6.78. The highest BCUT2D eigenvalue weighted by molar-refractivity contribution is 5.82. The zero-order chi connectivity index (χ0) is 13.0. The molecular weight excluding hydrogens is 228 g/mol. The van der Waals surface area contributed by atoms with E-state index in [1.807, 2.05) is 24.0 Å². The molecule has 18 heavy (non-hydrogen) atoms. The van der Waals surface area contributed by atoms with Crippen molar-refractivity contribution >= 4 is 5.91 Å². The molecule has 1 atom stereocenters. The first-order chi connectivity index (χ1) is 8.70. The van der Waals surface area contributed by atoms with Gasteiger partial charge in [-0.1, -0.05) is 6.92 Å². The summed E-state index contributed by atoms with van der Waals surface area (Å²) in [7, 11) is 0. The third-order valence-corrected chi connectivity index (χ3v) is 3.31. The molecule has 1 N–H and O–H groups in total. The Morgan fingerprint density at radius 1 is 1.50 bits per heavy atom. The van der Waals surface area contributed by atoms with Gasteiger partial charge < -0.3 is 14.6 Å². The van der Waals surface area contributed by atoms with Crippen LogP contribution in [-0.4, -0.2) is 29.9 Å². The molecule has 4 nitrogen and oxygen atoms in total. The van der Waals surface area contributed by atoms with E-state index in [-0.39, 0.29) is 11.9 Å². The first-order valence-electron chi connectivity index (χ1n) is 6.78. The Labute approximate surface area is 108 Å². The number of amides is 1. The second-order valence-corrected chi connectivity index (χ2v) is 4.92. The Balaban J connectivity index is 1.93. The SMILES string of the molecule is CCCNC1CCCN(Cc2ccc(C)o2)C1=O. The molecule has 1 amide bonds. The third kappa shape index (κ3) is 3.13. The molecule has 0 aliphatic carbocycles. The summed E-state index contributed by atoms with van der Waals surface area (Å²) in [6.07, 6.45) is 3.07. The highest BCUT2D eigenvalue weighted by Gasteiger charge is 2.28. The van der Waals surface area contributed by atoms with Crippen LogP contribution in [0.5, 0.6) is 0 Å². The van der Waals surface area contributed by atoms with Gasteiger partial charge in [0.15, 0.2) is 0 Å². The maximum absolute atomic E-state index is 12.3. The minimum atomic E-state index is -0.00485. The predicted octanol–water partition coefficient (Wildman–Crippen LogP) is 2.08. The molecule has 1 aromatic rings. The van der Waals surface area contributed by atoms with Crippen LogP contribution in [0.25, 0.3) is 0 Å². The molecule has 1 unspecified atom stereocenters. The fourth-order valence-electron chi connectivity index (χ4n) is 2.36. The minimum absolute atomic E-state index is 0.00485. The summed E-state index contributed by atoms with van der Waals surface area (Å²) >= 11 is 0. The van der Waals surface area contributed by atoms with E-state index >= 15 is 0 Å². The zero-order valence-electron chi connectivity index (χ0n) is 11.2. The molecule has 1 aromatic heterocycles. The lowest BCUT2D eigenvalue weighted by atomic mass is 10.0. The lowest BCUT2D eigenvalue weighted by Crippen LogP contribution is -2.50. The zero-order valence-corrected chi connectivity index (χ0v) is 11.2. The molecule has 0 radical (unpaired) electrons. The Bertz CT molecular complexity index is 400. The van der Waals surface area contributed by atoms with Gasteiger partial charge in [0.2, 0.25) is 5.91 Å². The summed E-state index contributed by atoms with van der Waals surface area (Å²) in [5.74, 6) is 1.98. The number of hydrogen-bond acceptors (Lipinski definition) is 3. The van der Waals surface area contributed by atoms with Crippen molar-refractivity contribution in [2.24, 2.45) is 0 Å². The highest BCUT2D eigenvalue weighted by Crippen LogP contribution is 2.16. The van der Waals surface area contributed by atoms with Gasteiger partial charge in [0, 0.05) is 6.54 Å². The molecule has 0 aromatic carbocycles. The second-order valence-electron chi connectivity index (χ2n) is 4.92. The standard InChI is InChI=1S/C14H22N2O2/c1-3-8-15-13-5-4-9-16(14(13)17)10-12-7-6-11(2)18-12/h6-7,13,15H,3-5,8-10H2,1-2H3. The number of aryl methyl sites for hydroxylation is 1. The van der Waals surface area contributed by atoms with Crippen molar-refractivity contribution in [3.8, 4) is 0 Å². The van der Waals surface area contributed by atoms with Crippen molar-refractivity contribution in [3.63, 3.8) is 0 Å². The van der Waals surface area contributed by atoms with E-state index in [4.69, 9.17) is 4.42 Å². The molecule has 1 aliphatic heterocycles. The first kappa shape index (κ1) is 13.1. The molecule has 0 spiro atoms. The lowest BCUT2D eigenvalue weighted by molar-refractivity contribution is -0.136. The van der Waals surface area contributed by atoms with Crippen LogP contribution in [0.15, 0.2) is 16.5 Å². The molecule has 1 fully saturated rings. The molecular formula is C14H22N2O2. The molecule has 2 rings (SSSR count). The quantitative estimate of drug-likeness (QED) is 0.870. The number of carbonyl (C=O) groups excluding carboxylic acids is 1. The van der Waals surface area contributed by atoms with E-state index in [9.17, 15) is 4.79 Å². The molecule has 1 aliphatic rings. The van der Waals surface area contributed by atoms with Gasteiger partial charge in [-0.2, -0.15) is 0 Å². The monoisotopic (exact) mass is 250 g/mol. The van der Waals surface area contributed by atoms with Gasteiger partial charge in [0.05, 0.1) is 12.6 Å². The minimum Gasteiger partial charge on any atom is -0.464 e. The van der Waals surface area contributed by atoms with Crippen LogP contribution < -0.4 is 5.32 Å². The van der Waals surface area contributed by atoms with Crippen LogP contribution in [0, 0.1) is 6.92 Å². The van der Waals surface area contributed by atoms with Crippen molar-refractivity contribution in [2.75, 3.05) is 13.1 Å². The average Bonchev–Trinajstić information content (AvgIpc) is 2.76. The van der Waals surface area contributed by atoms with Crippen LogP contribution in [0.1, 0.15) is 37.7 Å². The maximum atomic E-state index is 12.3. The summed E-state index contributed by atoms with van der Waals surface area (Å²) in [5, 5.41) is 3.32. The van der Waals surface area contributed by atoms with Crippen LogP contribution in [-0.2, 0) is 11.3 Å². The van der Waals surface area contributed by atoms with Crippen molar-refractivity contribution in [1.29, 1.82) is 0 Å². The molecule has 1 saturated heterocycles. The van der Waals surface area contributed by atoms with E-state index in [2.05, 4.69) is 12.2 Å². The van der Waals surface area contributed by atoms with Gasteiger partial charge in [-0.05, 0) is 44.9 Å². The molecule has 0 saturated carbocycles. The van der Waals surface area contributed by atoms with Crippen molar-refractivity contribution < 1.29 is 9.21 Å². The number of nitrogens with one attached hydrogen (secondary N) is 1. The fraction of sp³-hybridized carbons (Fsp3) is 0.643. The van der Waals surface area contributed by atoms with Gasteiger partial charge in [0.25, 0.3) is 0 Å². The van der Waals surface area contributed by atoms with Crippen molar-refractivity contribution in [3.05, 3.63) is 23.7 Å². The summed E-state index contributed by atoms with van der Waals surface area (Å²) in [6.45, 7) is 6.38. The summed E-state index contributed by atoms with van der Waals surface area (Å²) in [5.41, 5.74) is 0. The Morgan fingerprint density at radius 3 is 3.00 bits per heavy atom. The number of piperidine rings is 1. The molecule has 100 valence electrons. The molecule has 4 heteroatoms. The van der Waals surface area contributed by atoms with E-state index in [0.717, 1.165) is 43.9 Å². The smallest absolute Gasteiger partial charge is 0.240 e. The molecule has 0 bridgehead atoms. The summed E-state index contributed by atoms with van der Waals surface area (Å²) < 4.78 is 5.54. The number of likely N-dealkylation sites (tertiary alicyclic amines) is 1. The van der Waals surface area contributed by atoms with Gasteiger partial charge in [-0.3, -0.25) is 4.79 Å². The van der Waals surface area contributed by atoms with E-state index in [1.165, 1.54) is 0 Å². The summed E-state index contributed by atoms with van der Waals surface area (Å²) in [4.78, 5) is 14.2. The Morgan fingerprint density at radius 2 is 2.33 bits per heavy atom. The van der Waals surface area contributed by atoms with E-state index in [1.54, 1.807) is 0 Å². The van der Waals surface area contributed by atoms with Gasteiger partial charge in [0.1, 0.15) is 11.5 Å². The van der Waals surface area contributed by atoms with Crippen molar-refractivity contribution in [1.82, 2.24) is 10.2 Å². The maximum Gasteiger partial charge on any atom is 0.240 e. The van der Waals surface area contributed by atoms with Gasteiger partial charge >= 0.3 is 0 Å². The third-order valence-electron chi connectivity index (χ3n) is 3.31. The van der Waals surface area contributed by atoms with Gasteiger partial charge in [-0.25, -0.2) is 0 Å². The van der Waals surface area contributed by atoms with Crippen molar-refractivity contribution in [2.45, 2.75) is 45.7 Å². The summed E-state index contributed by atoms with van der Waals surface area (Å²) in [6, 6.07) is 3.89. The normalized spacial score (nSPS) is 20.4. The van der Waals surface area contributed by atoms with E-state index in [0.29, 0.717) is 6.54 Å².